The van der Waals surface area contributed by atoms with Gasteiger partial charge in [-0.25, -0.2) is 0 Å². The molecule has 1 aromatic rings. The van der Waals surface area contributed by atoms with E-state index in [2.05, 4.69) is 26.1 Å². The summed E-state index contributed by atoms with van der Waals surface area (Å²) >= 11 is 0. The molecule has 21 heavy (non-hydrogen) atoms. The van der Waals surface area contributed by atoms with Crippen molar-refractivity contribution in [1.82, 2.24) is 0 Å². The lowest BCUT2D eigenvalue weighted by atomic mass is 9.69. The Bertz CT molecular complexity index is 488. The van der Waals surface area contributed by atoms with Gasteiger partial charge in [0.05, 0.1) is 11.4 Å². The maximum absolute atomic E-state index is 12.5. The zero-order chi connectivity index (χ0) is 15.6. The minimum Gasteiger partial charge on any atom is -0.397 e. The lowest BCUT2D eigenvalue weighted by molar-refractivity contribution is -0.121. The highest BCUT2D eigenvalue weighted by molar-refractivity contribution is 5.96. The molecule has 0 aliphatic heterocycles. The van der Waals surface area contributed by atoms with E-state index in [0.29, 0.717) is 11.1 Å². The van der Waals surface area contributed by atoms with E-state index < -0.39 is 0 Å². The van der Waals surface area contributed by atoms with Crippen LogP contribution in [0.3, 0.4) is 0 Å². The van der Waals surface area contributed by atoms with Crippen molar-refractivity contribution in [2.24, 2.45) is 17.3 Å². The normalized spacial score (nSPS) is 22.9. The number of carbonyl (C=O) groups excluding carboxylic acids is 1. The Morgan fingerprint density at radius 1 is 1.19 bits per heavy atom. The number of hydrogen-bond donors (Lipinski definition) is 2. The fourth-order valence-corrected chi connectivity index (χ4v) is 3.31. The summed E-state index contributed by atoms with van der Waals surface area (Å²) in [5, 5.41) is 3.04. The molecule has 0 bridgehead atoms. The predicted octanol–water partition coefficient (Wildman–Crippen LogP) is 4.37. The highest BCUT2D eigenvalue weighted by atomic mass is 16.1. The maximum Gasteiger partial charge on any atom is 0.227 e. The first-order chi connectivity index (χ1) is 9.79. The number of benzene rings is 1. The van der Waals surface area contributed by atoms with Crippen molar-refractivity contribution in [2.75, 3.05) is 11.1 Å². The lowest BCUT2D eigenvalue weighted by Crippen LogP contribution is -2.31. The van der Waals surface area contributed by atoms with Crippen LogP contribution in [0.1, 0.15) is 52.0 Å². The van der Waals surface area contributed by atoms with Crippen LogP contribution in [0, 0.1) is 24.2 Å². The Morgan fingerprint density at radius 3 is 2.33 bits per heavy atom. The van der Waals surface area contributed by atoms with Gasteiger partial charge in [0.2, 0.25) is 5.91 Å². The summed E-state index contributed by atoms with van der Waals surface area (Å²) in [4.78, 5) is 12.5. The summed E-state index contributed by atoms with van der Waals surface area (Å²) in [6.07, 6.45) is 4.26. The van der Waals surface area contributed by atoms with Crippen molar-refractivity contribution < 1.29 is 4.79 Å². The number of nitrogens with one attached hydrogen (secondary N) is 1. The molecule has 1 fully saturated rings. The van der Waals surface area contributed by atoms with E-state index in [9.17, 15) is 4.79 Å². The van der Waals surface area contributed by atoms with Gasteiger partial charge in [0.15, 0.2) is 0 Å². The molecule has 2 rings (SSSR count). The van der Waals surface area contributed by atoms with Crippen LogP contribution >= 0.6 is 0 Å². The van der Waals surface area contributed by atoms with E-state index in [0.717, 1.165) is 42.9 Å². The van der Waals surface area contributed by atoms with Crippen molar-refractivity contribution in [3.05, 3.63) is 23.8 Å². The van der Waals surface area contributed by atoms with Crippen molar-refractivity contribution >= 4 is 17.3 Å². The molecule has 1 saturated carbocycles. The number of hydrogen-bond acceptors (Lipinski definition) is 2. The average molecular weight is 288 g/mol. The molecule has 0 heterocycles. The zero-order valence-corrected chi connectivity index (χ0v) is 13.7. The number of nitrogens with two attached hydrogens (primary N) is 1. The Kier molecular flexibility index (Phi) is 4.60. The fourth-order valence-electron chi connectivity index (χ4n) is 3.31. The number of nitrogen functional groups attached to an aromatic ring is 1. The molecule has 3 N–H and O–H groups in total. The van der Waals surface area contributed by atoms with Crippen molar-refractivity contribution in [3.63, 3.8) is 0 Å². The Morgan fingerprint density at radius 2 is 1.81 bits per heavy atom. The highest BCUT2D eigenvalue weighted by Crippen LogP contribution is 2.40. The van der Waals surface area contributed by atoms with Gasteiger partial charge in [0, 0.05) is 5.92 Å². The first-order valence-corrected chi connectivity index (χ1v) is 7.95. The van der Waals surface area contributed by atoms with Crippen molar-refractivity contribution in [3.8, 4) is 0 Å². The zero-order valence-electron chi connectivity index (χ0n) is 13.7. The first kappa shape index (κ1) is 15.9. The van der Waals surface area contributed by atoms with Crippen LogP contribution in [0.2, 0.25) is 0 Å². The minimum atomic E-state index is 0.127. The molecule has 0 spiro atoms. The van der Waals surface area contributed by atoms with Gasteiger partial charge in [-0.1, -0.05) is 32.9 Å². The Labute approximate surface area is 128 Å². The van der Waals surface area contributed by atoms with E-state index in [-0.39, 0.29) is 11.8 Å². The minimum absolute atomic E-state index is 0.127. The van der Waals surface area contributed by atoms with E-state index in [1.807, 2.05) is 25.1 Å². The monoisotopic (exact) mass is 288 g/mol. The maximum atomic E-state index is 12.5. The van der Waals surface area contributed by atoms with Crippen molar-refractivity contribution in [2.45, 2.75) is 53.4 Å². The molecule has 1 aliphatic rings. The number of carbonyl (C=O) groups is 1. The topological polar surface area (TPSA) is 55.1 Å². The van der Waals surface area contributed by atoms with Crippen LogP contribution in [-0.2, 0) is 4.79 Å². The third kappa shape index (κ3) is 3.78. The van der Waals surface area contributed by atoms with Gasteiger partial charge < -0.3 is 11.1 Å². The van der Waals surface area contributed by atoms with Gasteiger partial charge in [-0.05, 0) is 55.6 Å². The predicted molar refractivity (Wildman–Crippen MR) is 89.1 cm³/mol. The van der Waals surface area contributed by atoms with Crippen LogP contribution in [0.5, 0.6) is 0 Å². The Hall–Kier alpha value is -1.51. The second kappa shape index (κ2) is 6.08. The van der Waals surface area contributed by atoms with E-state index in [1.54, 1.807) is 0 Å². The van der Waals surface area contributed by atoms with Crippen LogP contribution < -0.4 is 11.1 Å². The standard InChI is InChI=1S/C18H28N2O/c1-12-6-5-7-15(19)16(12)20-17(21)13-8-10-14(11-9-13)18(2,3)4/h5-7,13-14H,8-11,19H2,1-4H3,(H,20,21). The number of anilines is 2. The second-order valence-corrected chi connectivity index (χ2v) is 7.44. The average Bonchev–Trinajstić information content (AvgIpc) is 2.42. The molecule has 0 saturated heterocycles. The molecule has 1 aliphatic carbocycles. The first-order valence-electron chi connectivity index (χ1n) is 7.95. The van der Waals surface area contributed by atoms with E-state index in [4.69, 9.17) is 5.73 Å². The third-order valence-electron chi connectivity index (χ3n) is 4.88. The number of aryl methyl sites for hydroxylation is 1. The molecule has 3 nitrogen and oxygen atoms in total. The largest absolute Gasteiger partial charge is 0.397 e. The molecule has 0 atom stereocenters. The SMILES string of the molecule is Cc1cccc(N)c1NC(=O)C1CCC(C(C)(C)C)CC1. The molecule has 0 aromatic heterocycles. The molecule has 116 valence electrons. The highest BCUT2D eigenvalue weighted by Gasteiger charge is 2.32. The third-order valence-corrected chi connectivity index (χ3v) is 4.88. The lowest BCUT2D eigenvalue weighted by Gasteiger charge is -2.36. The molecule has 0 radical (unpaired) electrons. The Balaban J connectivity index is 1.97. The van der Waals surface area contributed by atoms with Crippen LogP contribution in [-0.4, -0.2) is 5.91 Å². The molecular formula is C18H28N2O. The number of rotatable bonds is 2. The molecule has 3 heteroatoms. The number of amides is 1. The van der Waals surface area contributed by atoms with Gasteiger partial charge in [-0.3, -0.25) is 4.79 Å². The van der Waals surface area contributed by atoms with Gasteiger partial charge in [0.25, 0.3) is 0 Å². The fraction of sp³-hybridized carbons (Fsp3) is 0.611. The van der Waals surface area contributed by atoms with Gasteiger partial charge in [-0.2, -0.15) is 0 Å². The summed E-state index contributed by atoms with van der Waals surface area (Å²) in [5.74, 6) is 0.982. The van der Waals surface area contributed by atoms with Gasteiger partial charge >= 0.3 is 0 Å². The number of para-hydroxylation sites is 1. The molecule has 0 unspecified atom stereocenters. The van der Waals surface area contributed by atoms with E-state index >= 15 is 0 Å². The summed E-state index contributed by atoms with van der Waals surface area (Å²) in [6.45, 7) is 8.87. The summed E-state index contributed by atoms with van der Waals surface area (Å²) in [7, 11) is 0. The van der Waals surface area contributed by atoms with E-state index in [1.165, 1.54) is 0 Å². The van der Waals surface area contributed by atoms with Gasteiger partial charge in [0.1, 0.15) is 0 Å². The summed E-state index contributed by atoms with van der Waals surface area (Å²) in [5.41, 5.74) is 8.76. The van der Waals surface area contributed by atoms with Gasteiger partial charge in [-0.15, -0.1) is 0 Å². The smallest absolute Gasteiger partial charge is 0.227 e. The van der Waals surface area contributed by atoms with Crippen molar-refractivity contribution in [1.29, 1.82) is 0 Å². The van der Waals surface area contributed by atoms with Crippen LogP contribution in [0.25, 0.3) is 0 Å². The summed E-state index contributed by atoms with van der Waals surface area (Å²) < 4.78 is 0. The quantitative estimate of drug-likeness (QED) is 0.794. The second-order valence-electron chi connectivity index (χ2n) is 7.44. The van der Waals surface area contributed by atoms with Crippen LogP contribution in [0.4, 0.5) is 11.4 Å². The molecule has 1 aromatic carbocycles. The molecular weight excluding hydrogens is 260 g/mol. The molecule has 1 amide bonds. The van der Waals surface area contributed by atoms with Crippen LogP contribution in [0.15, 0.2) is 18.2 Å². The summed E-state index contributed by atoms with van der Waals surface area (Å²) in [6, 6.07) is 5.72.